The van der Waals surface area contributed by atoms with Crippen LogP contribution >= 0.6 is 24.2 Å². The van der Waals surface area contributed by atoms with Crippen LogP contribution in [-0.4, -0.2) is 30.3 Å². The number of hydrogen-bond acceptors (Lipinski definition) is 3. The number of amides is 1. The van der Waals surface area contributed by atoms with E-state index in [1.807, 2.05) is 0 Å². The van der Waals surface area contributed by atoms with E-state index >= 15 is 0 Å². The maximum atomic E-state index is 12.8. The van der Waals surface area contributed by atoms with E-state index < -0.39 is 0 Å². The van der Waals surface area contributed by atoms with Gasteiger partial charge in [-0.2, -0.15) is 0 Å². The maximum Gasteiger partial charge on any atom is 0.220 e. The molecule has 1 aromatic carbocycles. The molecule has 2 bridgehead atoms. The van der Waals surface area contributed by atoms with Gasteiger partial charge in [0.15, 0.2) is 0 Å². The van der Waals surface area contributed by atoms with Gasteiger partial charge < -0.3 is 10.6 Å². The van der Waals surface area contributed by atoms with Crippen LogP contribution in [-0.2, 0) is 4.79 Å². The van der Waals surface area contributed by atoms with Gasteiger partial charge in [-0.15, -0.1) is 24.2 Å². The minimum atomic E-state index is -0.201. The van der Waals surface area contributed by atoms with Gasteiger partial charge in [0.1, 0.15) is 5.82 Å². The minimum Gasteiger partial charge on any atom is -0.356 e. The highest BCUT2D eigenvalue weighted by Gasteiger charge is 2.33. The molecule has 0 saturated carbocycles. The Morgan fingerprint density at radius 3 is 2.54 bits per heavy atom. The fourth-order valence-electron chi connectivity index (χ4n) is 3.70. The van der Waals surface area contributed by atoms with Crippen LogP contribution in [0.1, 0.15) is 38.5 Å². The van der Waals surface area contributed by atoms with Crippen molar-refractivity contribution in [2.45, 2.75) is 55.5 Å². The van der Waals surface area contributed by atoms with Crippen LogP contribution in [0.5, 0.6) is 0 Å². The van der Waals surface area contributed by atoms with Crippen LogP contribution in [0.15, 0.2) is 29.2 Å². The monoisotopic (exact) mass is 372 g/mol. The second-order valence-electron chi connectivity index (χ2n) is 6.69. The summed E-state index contributed by atoms with van der Waals surface area (Å²) in [6, 6.07) is 7.86. The van der Waals surface area contributed by atoms with Gasteiger partial charge in [-0.25, -0.2) is 4.39 Å². The van der Waals surface area contributed by atoms with Crippen LogP contribution in [0.2, 0.25) is 0 Å². The van der Waals surface area contributed by atoms with Gasteiger partial charge >= 0.3 is 0 Å². The summed E-state index contributed by atoms with van der Waals surface area (Å²) in [6.45, 7) is 0.727. The van der Waals surface area contributed by atoms with Gasteiger partial charge in [0.25, 0.3) is 0 Å². The minimum absolute atomic E-state index is 0. The van der Waals surface area contributed by atoms with Gasteiger partial charge in [-0.1, -0.05) is 0 Å². The quantitative estimate of drug-likeness (QED) is 0.565. The third-order valence-electron chi connectivity index (χ3n) is 4.77. The lowest BCUT2D eigenvalue weighted by Crippen LogP contribution is -2.39. The predicted molar refractivity (Wildman–Crippen MR) is 99.3 cm³/mol. The van der Waals surface area contributed by atoms with E-state index in [4.69, 9.17) is 0 Å². The Hall–Kier alpha value is -0.780. The van der Waals surface area contributed by atoms with Crippen LogP contribution in [0, 0.1) is 11.7 Å². The number of hydrogen-bond donors (Lipinski definition) is 2. The standard InChI is InChI=1S/C18H25FN2OS.ClH/c19-14-2-6-17(7-3-14)23-9-1-8-20-18(22)12-13-10-15-4-5-16(11-13)21-15;/h2-3,6-7,13,15-16,21H,1,4-5,8-12H2,(H,20,22);1H. The first-order chi connectivity index (χ1) is 11.2. The van der Waals surface area contributed by atoms with Crippen LogP contribution < -0.4 is 10.6 Å². The van der Waals surface area contributed by atoms with Gasteiger partial charge in [0.2, 0.25) is 5.91 Å². The fraction of sp³-hybridized carbons (Fsp3) is 0.611. The Labute approximate surface area is 154 Å². The Morgan fingerprint density at radius 2 is 1.88 bits per heavy atom. The van der Waals surface area contributed by atoms with E-state index in [0.717, 1.165) is 36.5 Å². The van der Waals surface area contributed by atoms with Crippen molar-refractivity contribution < 1.29 is 9.18 Å². The summed E-state index contributed by atoms with van der Waals surface area (Å²) in [5.41, 5.74) is 0. The molecule has 0 spiro atoms. The first-order valence-corrected chi connectivity index (χ1v) is 9.59. The summed E-state index contributed by atoms with van der Waals surface area (Å²) in [5, 5.41) is 6.66. The summed E-state index contributed by atoms with van der Waals surface area (Å²) in [6.07, 6.45) is 6.49. The molecule has 24 heavy (non-hydrogen) atoms. The Kier molecular flexibility index (Phi) is 7.85. The molecule has 0 aliphatic carbocycles. The molecule has 2 saturated heterocycles. The van der Waals surface area contributed by atoms with Crippen molar-refractivity contribution in [2.75, 3.05) is 12.3 Å². The molecule has 0 aromatic heterocycles. The highest BCUT2D eigenvalue weighted by atomic mass is 35.5. The zero-order valence-electron chi connectivity index (χ0n) is 13.8. The fourth-order valence-corrected chi connectivity index (χ4v) is 4.55. The molecule has 1 aromatic rings. The van der Waals surface area contributed by atoms with Crippen molar-refractivity contribution in [2.24, 2.45) is 5.92 Å². The largest absolute Gasteiger partial charge is 0.356 e. The molecule has 1 amide bonds. The van der Waals surface area contributed by atoms with Crippen molar-refractivity contribution in [3.8, 4) is 0 Å². The van der Waals surface area contributed by atoms with E-state index in [2.05, 4.69) is 10.6 Å². The molecule has 0 radical (unpaired) electrons. The van der Waals surface area contributed by atoms with E-state index in [1.165, 1.54) is 25.0 Å². The first-order valence-electron chi connectivity index (χ1n) is 8.60. The normalized spacial score (nSPS) is 25.1. The molecule has 2 aliphatic heterocycles. The topological polar surface area (TPSA) is 41.1 Å². The highest BCUT2D eigenvalue weighted by Crippen LogP contribution is 2.32. The van der Waals surface area contributed by atoms with E-state index in [1.54, 1.807) is 23.9 Å². The number of carbonyl (C=O) groups excluding carboxylic acids is 1. The SMILES string of the molecule is Cl.O=C(CC1CC2CCC(C1)N2)NCCCSc1ccc(F)cc1. The highest BCUT2D eigenvalue weighted by molar-refractivity contribution is 7.99. The molecule has 2 aliphatic rings. The van der Waals surface area contributed by atoms with E-state index in [0.29, 0.717) is 24.4 Å². The van der Waals surface area contributed by atoms with Gasteiger partial charge in [-0.05, 0) is 68.0 Å². The van der Waals surface area contributed by atoms with Gasteiger partial charge in [0, 0.05) is 29.9 Å². The molecule has 2 heterocycles. The number of nitrogens with one attached hydrogen (secondary N) is 2. The van der Waals surface area contributed by atoms with Gasteiger partial charge in [-0.3, -0.25) is 4.79 Å². The lowest BCUT2D eigenvalue weighted by atomic mass is 9.89. The molecular formula is C18H26ClFN2OS. The second-order valence-corrected chi connectivity index (χ2v) is 7.85. The lowest BCUT2D eigenvalue weighted by molar-refractivity contribution is -0.122. The molecule has 3 rings (SSSR count). The first kappa shape index (κ1) is 19.5. The zero-order chi connectivity index (χ0) is 16.1. The number of piperidine rings is 1. The summed E-state index contributed by atoms with van der Waals surface area (Å²) in [7, 11) is 0. The average Bonchev–Trinajstić information content (AvgIpc) is 2.87. The molecular weight excluding hydrogens is 347 g/mol. The molecule has 2 unspecified atom stereocenters. The average molecular weight is 373 g/mol. The number of benzene rings is 1. The summed E-state index contributed by atoms with van der Waals surface area (Å²) in [4.78, 5) is 13.1. The lowest BCUT2D eigenvalue weighted by Gasteiger charge is -2.28. The summed E-state index contributed by atoms with van der Waals surface area (Å²) >= 11 is 1.70. The third kappa shape index (κ3) is 5.94. The van der Waals surface area contributed by atoms with Crippen LogP contribution in [0.3, 0.4) is 0 Å². The van der Waals surface area contributed by atoms with Gasteiger partial charge in [0.05, 0.1) is 0 Å². The molecule has 2 N–H and O–H groups in total. The van der Waals surface area contributed by atoms with Crippen molar-refractivity contribution in [1.82, 2.24) is 10.6 Å². The van der Waals surface area contributed by atoms with Crippen LogP contribution in [0.4, 0.5) is 4.39 Å². The Balaban J connectivity index is 0.00000208. The molecule has 2 atom stereocenters. The molecule has 134 valence electrons. The van der Waals surface area contributed by atoms with Crippen molar-refractivity contribution in [3.63, 3.8) is 0 Å². The maximum absolute atomic E-state index is 12.8. The van der Waals surface area contributed by atoms with Crippen molar-refractivity contribution in [3.05, 3.63) is 30.1 Å². The predicted octanol–water partition coefficient (Wildman–Crippen LogP) is 3.77. The number of carbonyl (C=O) groups is 1. The van der Waals surface area contributed by atoms with E-state index in [-0.39, 0.29) is 24.1 Å². The number of fused-ring (bicyclic) bond motifs is 2. The van der Waals surface area contributed by atoms with Crippen molar-refractivity contribution in [1.29, 1.82) is 0 Å². The van der Waals surface area contributed by atoms with Crippen molar-refractivity contribution >= 4 is 30.1 Å². The molecule has 2 fully saturated rings. The third-order valence-corrected chi connectivity index (χ3v) is 5.87. The number of thioether (sulfide) groups is 1. The number of rotatable bonds is 7. The molecule has 6 heteroatoms. The Bertz CT molecular complexity index is 516. The summed E-state index contributed by atoms with van der Waals surface area (Å²) < 4.78 is 12.8. The summed E-state index contributed by atoms with van der Waals surface area (Å²) in [5.74, 6) is 1.49. The van der Waals surface area contributed by atoms with E-state index in [9.17, 15) is 9.18 Å². The van der Waals surface area contributed by atoms with Crippen LogP contribution in [0.25, 0.3) is 0 Å². The smallest absolute Gasteiger partial charge is 0.220 e. The number of halogens is 2. The second kappa shape index (κ2) is 9.64. The Morgan fingerprint density at radius 1 is 1.21 bits per heavy atom. The zero-order valence-corrected chi connectivity index (χ0v) is 15.4. The molecule has 3 nitrogen and oxygen atoms in total.